The Kier molecular flexibility index (Phi) is 4.64. The summed E-state index contributed by atoms with van der Waals surface area (Å²) >= 11 is 7.67. The molecule has 0 unspecified atom stereocenters. The summed E-state index contributed by atoms with van der Waals surface area (Å²) in [6, 6.07) is 7.27. The van der Waals surface area contributed by atoms with Gasteiger partial charge in [-0.2, -0.15) is 0 Å². The fraction of sp³-hybridized carbons (Fsp3) is 0.286. The topological polar surface area (TPSA) is 32.3 Å². The molecule has 2 nitrogen and oxygen atoms in total. The van der Waals surface area contributed by atoms with E-state index in [0.717, 1.165) is 18.5 Å². The maximum atomic E-state index is 9.70. The zero-order valence-electron chi connectivity index (χ0n) is 10.2. The summed E-state index contributed by atoms with van der Waals surface area (Å²) in [6.45, 7) is 3.61. The van der Waals surface area contributed by atoms with Crippen molar-refractivity contribution in [2.45, 2.75) is 26.4 Å². The summed E-state index contributed by atoms with van der Waals surface area (Å²) in [5, 5.41) is 15.8. The van der Waals surface area contributed by atoms with Gasteiger partial charge in [0.05, 0.1) is 0 Å². The van der Waals surface area contributed by atoms with Crippen molar-refractivity contribution >= 4 is 22.9 Å². The van der Waals surface area contributed by atoms with Crippen molar-refractivity contribution in [1.82, 2.24) is 5.32 Å². The Bertz CT molecular complexity index is 524. The summed E-state index contributed by atoms with van der Waals surface area (Å²) < 4.78 is 0. The number of phenols is 1. The van der Waals surface area contributed by atoms with Gasteiger partial charge in [-0.1, -0.05) is 18.5 Å². The van der Waals surface area contributed by atoms with Crippen LogP contribution in [0.15, 0.2) is 29.6 Å². The van der Waals surface area contributed by atoms with Crippen LogP contribution in [0.4, 0.5) is 0 Å². The van der Waals surface area contributed by atoms with Gasteiger partial charge in [-0.25, -0.2) is 0 Å². The van der Waals surface area contributed by atoms with E-state index in [2.05, 4.69) is 23.7 Å². The second kappa shape index (κ2) is 6.23. The van der Waals surface area contributed by atoms with E-state index in [1.54, 1.807) is 29.5 Å². The number of aryl methyl sites for hydroxylation is 1. The van der Waals surface area contributed by atoms with E-state index in [-0.39, 0.29) is 5.75 Å². The van der Waals surface area contributed by atoms with E-state index in [4.69, 9.17) is 11.6 Å². The molecule has 96 valence electrons. The quantitative estimate of drug-likeness (QED) is 0.869. The normalized spacial score (nSPS) is 10.8. The third kappa shape index (κ3) is 3.25. The Balaban J connectivity index is 1.94. The Morgan fingerprint density at radius 1 is 1.22 bits per heavy atom. The van der Waals surface area contributed by atoms with Gasteiger partial charge >= 0.3 is 0 Å². The summed E-state index contributed by atoms with van der Waals surface area (Å²) in [4.78, 5) is 1.36. The van der Waals surface area contributed by atoms with Crippen molar-refractivity contribution < 1.29 is 5.11 Å². The molecule has 1 aromatic heterocycles. The average molecular weight is 282 g/mol. The zero-order chi connectivity index (χ0) is 13.0. The molecule has 0 amide bonds. The van der Waals surface area contributed by atoms with Crippen LogP contribution in [0.1, 0.15) is 22.9 Å². The van der Waals surface area contributed by atoms with Gasteiger partial charge in [-0.3, -0.25) is 0 Å². The molecule has 1 aromatic carbocycles. The molecular formula is C14H16ClNOS. The molecule has 0 atom stereocenters. The molecule has 18 heavy (non-hydrogen) atoms. The van der Waals surface area contributed by atoms with E-state index in [1.807, 2.05) is 0 Å². The summed E-state index contributed by atoms with van der Waals surface area (Å²) in [5.74, 6) is 0.286. The molecule has 0 aliphatic heterocycles. The first-order chi connectivity index (χ1) is 8.70. The Morgan fingerprint density at radius 3 is 2.83 bits per heavy atom. The van der Waals surface area contributed by atoms with Crippen LogP contribution < -0.4 is 5.32 Å². The van der Waals surface area contributed by atoms with Gasteiger partial charge in [0.25, 0.3) is 0 Å². The summed E-state index contributed by atoms with van der Waals surface area (Å²) in [7, 11) is 0. The maximum Gasteiger partial charge on any atom is 0.120 e. The molecule has 2 rings (SSSR count). The predicted molar refractivity (Wildman–Crippen MR) is 77.4 cm³/mol. The molecule has 4 heteroatoms. The van der Waals surface area contributed by atoms with Crippen molar-refractivity contribution in [1.29, 1.82) is 0 Å². The Labute approximate surface area is 116 Å². The fourth-order valence-corrected chi connectivity index (χ4v) is 2.98. The van der Waals surface area contributed by atoms with Crippen molar-refractivity contribution in [2.75, 3.05) is 0 Å². The van der Waals surface area contributed by atoms with Crippen LogP contribution in [-0.2, 0) is 19.5 Å². The molecule has 1 heterocycles. The van der Waals surface area contributed by atoms with Crippen molar-refractivity contribution in [3.05, 3.63) is 50.7 Å². The molecule has 0 bridgehead atoms. The van der Waals surface area contributed by atoms with Crippen molar-refractivity contribution in [3.8, 4) is 5.75 Å². The highest BCUT2D eigenvalue weighted by molar-refractivity contribution is 7.10. The number of hydrogen-bond donors (Lipinski definition) is 2. The molecule has 2 N–H and O–H groups in total. The van der Waals surface area contributed by atoms with Gasteiger partial charge in [0.2, 0.25) is 0 Å². The minimum Gasteiger partial charge on any atom is -0.508 e. The molecule has 0 aliphatic carbocycles. The van der Waals surface area contributed by atoms with Crippen molar-refractivity contribution in [2.24, 2.45) is 0 Å². The van der Waals surface area contributed by atoms with E-state index >= 15 is 0 Å². The monoisotopic (exact) mass is 281 g/mol. The van der Waals surface area contributed by atoms with Gasteiger partial charge in [-0.05, 0) is 41.6 Å². The number of aromatic hydroxyl groups is 1. The van der Waals surface area contributed by atoms with Gasteiger partial charge in [0, 0.05) is 28.6 Å². The highest BCUT2D eigenvalue weighted by Crippen LogP contribution is 2.22. The Morgan fingerprint density at radius 2 is 2.06 bits per heavy atom. The second-order valence-corrected chi connectivity index (χ2v) is 5.54. The molecule has 0 spiro atoms. The van der Waals surface area contributed by atoms with Gasteiger partial charge < -0.3 is 10.4 Å². The molecule has 0 aliphatic rings. The zero-order valence-corrected chi connectivity index (χ0v) is 11.8. The van der Waals surface area contributed by atoms with E-state index in [1.165, 1.54) is 10.4 Å². The number of benzene rings is 1. The molecule has 0 saturated carbocycles. The van der Waals surface area contributed by atoms with Crippen LogP contribution in [0.3, 0.4) is 0 Å². The number of thiophene rings is 1. The molecule has 0 radical (unpaired) electrons. The van der Waals surface area contributed by atoms with Gasteiger partial charge in [-0.15, -0.1) is 11.3 Å². The van der Waals surface area contributed by atoms with Crippen LogP contribution in [0.5, 0.6) is 5.75 Å². The smallest absolute Gasteiger partial charge is 0.120 e. The molecular weight excluding hydrogens is 266 g/mol. The van der Waals surface area contributed by atoms with Crippen molar-refractivity contribution in [3.63, 3.8) is 0 Å². The standard InChI is InChI=1S/C14H16ClNOS/c1-2-10-5-6-18-14(10)9-16-8-11-7-12(15)3-4-13(11)17/h3-7,16-17H,2,8-9H2,1H3. The minimum atomic E-state index is 0.286. The van der Waals surface area contributed by atoms with E-state index in [9.17, 15) is 5.11 Å². The lowest BCUT2D eigenvalue weighted by Crippen LogP contribution is -2.12. The van der Waals surface area contributed by atoms with Crippen LogP contribution in [0, 0.1) is 0 Å². The second-order valence-electron chi connectivity index (χ2n) is 4.10. The van der Waals surface area contributed by atoms with Crippen LogP contribution in [0.25, 0.3) is 0 Å². The number of rotatable bonds is 5. The minimum absolute atomic E-state index is 0.286. The highest BCUT2D eigenvalue weighted by atomic mass is 35.5. The fourth-order valence-electron chi connectivity index (χ4n) is 1.84. The van der Waals surface area contributed by atoms with E-state index < -0.39 is 0 Å². The molecule has 0 fully saturated rings. The first-order valence-electron chi connectivity index (χ1n) is 5.94. The van der Waals surface area contributed by atoms with Crippen LogP contribution in [-0.4, -0.2) is 5.11 Å². The maximum absolute atomic E-state index is 9.70. The number of hydrogen-bond acceptors (Lipinski definition) is 3. The molecule has 0 saturated heterocycles. The first-order valence-corrected chi connectivity index (χ1v) is 7.19. The largest absolute Gasteiger partial charge is 0.508 e. The number of halogens is 1. The van der Waals surface area contributed by atoms with Crippen LogP contribution >= 0.6 is 22.9 Å². The van der Waals surface area contributed by atoms with Gasteiger partial charge in [0.1, 0.15) is 5.75 Å². The molecule has 2 aromatic rings. The lowest BCUT2D eigenvalue weighted by Gasteiger charge is -2.07. The number of nitrogens with one attached hydrogen (secondary N) is 1. The third-order valence-electron chi connectivity index (χ3n) is 2.86. The predicted octanol–water partition coefficient (Wildman–Crippen LogP) is 3.96. The summed E-state index contributed by atoms with van der Waals surface area (Å²) in [5.41, 5.74) is 2.22. The Hall–Kier alpha value is -1.03. The lowest BCUT2D eigenvalue weighted by molar-refractivity contribution is 0.464. The average Bonchev–Trinajstić information content (AvgIpc) is 2.81. The SMILES string of the molecule is CCc1ccsc1CNCc1cc(Cl)ccc1O. The number of phenolic OH excluding ortho intramolecular Hbond substituents is 1. The first kappa shape index (κ1) is 13.4. The van der Waals surface area contributed by atoms with Gasteiger partial charge in [0.15, 0.2) is 0 Å². The third-order valence-corrected chi connectivity index (χ3v) is 4.06. The highest BCUT2D eigenvalue weighted by Gasteiger charge is 2.04. The summed E-state index contributed by atoms with van der Waals surface area (Å²) in [6.07, 6.45) is 1.06. The van der Waals surface area contributed by atoms with Crippen LogP contribution in [0.2, 0.25) is 5.02 Å². The lowest BCUT2D eigenvalue weighted by atomic mass is 10.2. The van der Waals surface area contributed by atoms with E-state index in [0.29, 0.717) is 11.6 Å².